The van der Waals surface area contributed by atoms with E-state index in [1.54, 1.807) is 6.92 Å². The summed E-state index contributed by atoms with van der Waals surface area (Å²) in [5.74, 6) is -0.878. The van der Waals surface area contributed by atoms with Crippen molar-refractivity contribution in [3.05, 3.63) is 0 Å². The molecule has 0 aliphatic heterocycles. The highest BCUT2D eigenvalue weighted by Gasteiger charge is 2.16. The van der Waals surface area contributed by atoms with Gasteiger partial charge in [0.15, 0.2) is 6.10 Å². The third-order valence-electron chi connectivity index (χ3n) is 0.881. The summed E-state index contributed by atoms with van der Waals surface area (Å²) in [6.07, 6.45) is -1.38. The minimum absolute atomic E-state index is 0.103. The first-order valence-electron chi connectivity index (χ1n) is 3.17. The third-order valence-corrected chi connectivity index (χ3v) is 1.41. The van der Waals surface area contributed by atoms with Crippen LogP contribution in [0.5, 0.6) is 0 Å². The molecule has 7 heteroatoms. The smallest absolute Gasteiger partial charge is 0.336 e. The molecule has 6 nitrogen and oxygen atoms in total. The maximum atomic E-state index is 10.7. The molecule has 1 unspecified atom stereocenters. The minimum Gasteiger partial charge on any atom is -0.726 e. The lowest BCUT2D eigenvalue weighted by molar-refractivity contribution is -0.150. The second kappa shape index (κ2) is 4.39. The normalized spacial score (nSPS) is 13.9. The van der Waals surface area contributed by atoms with E-state index in [-0.39, 0.29) is 6.61 Å². The average Bonchev–Trinajstić information content (AvgIpc) is 1.84. The number of hydrogen-bond acceptors (Lipinski definition) is 6. The molecule has 0 aromatic carbocycles. The lowest BCUT2D eigenvalue weighted by Crippen LogP contribution is -2.26. The third kappa shape index (κ3) is 5.05. The molecule has 0 spiro atoms. The van der Waals surface area contributed by atoms with Gasteiger partial charge in [-0.05, 0) is 13.8 Å². The zero-order valence-corrected chi connectivity index (χ0v) is 7.46. The maximum Gasteiger partial charge on any atom is 0.336 e. The Bertz CT molecular complexity index is 243. The van der Waals surface area contributed by atoms with Gasteiger partial charge in [0.05, 0.1) is 6.61 Å². The second-order valence-corrected chi connectivity index (χ2v) is 2.91. The zero-order valence-electron chi connectivity index (χ0n) is 6.64. The summed E-state index contributed by atoms with van der Waals surface area (Å²) in [4.78, 5) is 10.7. The zero-order chi connectivity index (χ0) is 9.78. The summed E-state index contributed by atoms with van der Waals surface area (Å²) < 4.78 is 38.1. The van der Waals surface area contributed by atoms with Crippen molar-refractivity contribution in [3.8, 4) is 0 Å². The molecule has 0 aromatic rings. The fourth-order valence-electron chi connectivity index (χ4n) is 0.476. The summed E-state index contributed by atoms with van der Waals surface area (Å²) >= 11 is 0. The maximum absolute atomic E-state index is 10.7. The number of carbonyl (C=O) groups excluding carboxylic acids is 1. The molecule has 0 heterocycles. The molecular formula is C5H9O6S-. The first-order valence-corrected chi connectivity index (χ1v) is 4.51. The Hall–Kier alpha value is -0.660. The fraction of sp³-hybridized carbons (Fsp3) is 0.800. The second-order valence-electron chi connectivity index (χ2n) is 1.90. The minimum atomic E-state index is -4.84. The van der Waals surface area contributed by atoms with Gasteiger partial charge < -0.3 is 9.29 Å². The number of ether oxygens (including phenoxy) is 1. The van der Waals surface area contributed by atoms with E-state index in [0.717, 1.165) is 6.92 Å². The summed E-state index contributed by atoms with van der Waals surface area (Å²) in [6, 6.07) is 0. The molecule has 0 aliphatic carbocycles. The Kier molecular flexibility index (Phi) is 4.15. The Morgan fingerprint density at radius 3 is 2.42 bits per heavy atom. The van der Waals surface area contributed by atoms with E-state index in [4.69, 9.17) is 0 Å². The van der Waals surface area contributed by atoms with Crippen molar-refractivity contribution in [1.82, 2.24) is 0 Å². The van der Waals surface area contributed by atoms with E-state index in [2.05, 4.69) is 8.92 Å². The van der Waals surface area contributed by atoms with Gasteiger partial charge in [-0.25, -0.2) is 13.2 Å². The van der Waals surface area contributed by atoms with Crippen molar-refractivity contribution in [1.29, 1.82) is 0 Å². The summed E-state index contributed by atoms with van der Waals surface area (Å²) in [5, 5.41) is 0. The van der Waals surface area contributed by atoms with Crippen LogP contribution < -0.4 is 0 Å². The van der Waals surface area contributed by atoms with Gasteiger partial charge in [0, 0.05) is 0 Å². The highest BCUT2D eigenvalue weighted by molar-refractivity contribution is 7.80. The largest absolute Gasteiger partial charge is 0.726 e. The van der Waals surface area contributed by atoms with Gasteiger partial charge in [-0.2, -0.15) is 0 Å². The first-order chi connectivity index (χ1) is 5.37. The van der Waals surface area contributed by atoms with E-state index in [1.165, 1.54) is 0 Å². The van der Waals surface area contributed by atoms with Crippen LogP contribution in [0.1, 0.15) is 13.8 Å². The van der Waals surface area contributed by atoms with E-state index in [9.17, 15) is 17.8 Å². The molecule has 0 radical (unpaired) electrons. The molecule has 0 amide bonds. The van der Waals surface area contributed by atoms with Crippen molar-refractivity contribution < 1.29 is 26.7 Å². The molecular weight excluding hydrogens is 188 g/mol. The van der Waals surface area contributed by atoms with E-state index >= 15 is 0 Å². The average molecular weight is 197 g/mol. The molecule has 72 valence electrons. The fourth-order valence-corrected chi connectivity index (χ4v) is 0.908. The number of rotatable bonds is 4. The van der Waals surface area contributed by atoms with Crippen molar-refractivity contribution in [2.24, 2.45) is 0 Å². The predicted octanol–water partition coefficient (Wildman–Crippen LogP) is -0.585. The van der Waals surface area contributed by atoms with Gasteiger partial charge in [-0.3, -0.25) is 4.18 Å². The van der Waals surface area contributed by atoms with Crippen LogP contribution in [0.3, 0.4) is 0 Å². The molecule has 0 saturated heterocycles. The highest BCUT2D eigenvalue weighted by Crippen LogP contribution is 1.98. The number of hydrogen-bond donors (Lipinski definition) is 0. The molecule has 0 aromatic heterocycles. The van der Waals surface area contributed by atoms with E-state index in [0.29, 0.717) is 0 Å². The van der Waals surface area contributed by atoms with Crippen molar-refractivity contribution in [3.63, 3.8) is 0 Å². The van der Waals surface area contributed by atoms with Gasteiger partial charge in [-0.15, -0.1) is 0 Å². The van der Waals surface area contributed by atoms with E-state index in [1.807, 2.05) is 0 Å². The molecule has 0 aliphatic rings. The van der Waals surface area contributed by atoms with Crippen LogP contribution in [0.25, 0.3) is 0 Å². The van der Waals surface area contributed by atoms with Crippen LogP contribution in [0, 0.1) is 0 Å². The predicted molar refractivity (Wildman–Crippen MR) is 36.9 cm³/mol. The number of esters is 1. The quantitative estimate of drug-likeness (QED) is 0.340. The molecule has 0 fully saturated rings. The van der Waals surface area contributed by atoms with Crippen LogP contribution in [0.4, 0.5) is 0 Å². The standard InChI is InChI=1S/C5H10O6S/c1-3-10-5(6)4(2)11-12(7,8)9/h4H,3H2,1-2H3,(H,7,8,9)/p-1. The van der Waals surface area contributed by atoms with Crippen molar-refractivity contribution in [2.75, 3.05) is 6.61 Å². The lowest BCUT2D eigenvalue weighted by atomic mass is 10.4. The molecule has 0 N–H and O–H groups in total. The van der Waals surface area contributed by atoms with Crippen LogP contribution in [-0.4, -0.2) is 31.7 Å². The first kappa shape index (κ1) is 11.3. The highest BCUT2D eigenvalue weighted by atomic mass is 32.3. The summed E-state index contributed by atoms with van der Waals surface area (Å²) in [7, 11) is -4.84. The Morgan fingerprint density at radius 2 is 2.08 bits per heavy atom. The van der Waals surface area contributed by atoms with Gasteiger partial charge >= 0.3 is 5.97 Å². The monoisotopic (exact) mass is 197 g/mol. The van der Waals surface area contributed by atoms with Crippen LogP contribution in [-0.2, 0) is 24.1 Å². The molecule has 0 saturated carbocycles. The molecule has 0 bridgehead atoms. The van der Waals surface area contributed by atoms with E-state index < -0.39 is 22.5 Å². The number of carbonyl (C=O) groups is 1. The van der Waals surface area contributed by atoms with Crippen LogP contribution in [0.2, 0.25) is 0 Å². The molecule has 12 heavy (non-hydrogen) atoms. The molecule has 0 rings (SSSR count). The summed E-state index contributed by atoms with van der Waals surface area (Å²) in [6.45, 7) is 2.77. The van der Waals surface area contributed by atoms with Crippen LogP contribution in [0.15, 0.2) is 0 Å². The van der Waals surface area contributed by atoms with Gasteiger partial charge in [0.2, 0.25) is 10.4 Å². The van der Waals surface area contributed by atoms with Gasteiger partial charge in [0.1, 0.15) is 0 Å². The lowest BCUT2D eigenvalue weighted by Gasteiger charge is -2.13. The topological polar surface area (TPSA) is 92.7 Å². The Morgan fingerprint density at radius 1 is 1.58 bits per heavy atom. The van der Waals surface area contributed by atoms with Crippen LogP contribution >= 0.6 is 0 Å². The Balaban J connectivity index is 4.05. The van der Waals surface area contributed by atoms with Gasteiger partial charge in [-0.1, -0.05) is 0 Å². The van der Waals surface area contributed by atoms with Crippen molar-refractivity contribution >= 4 is 16.4 Å². The summed E-state index contributed by atoms with van der Waals surface area (Å²) in [5.41, 5.74) is 0. The SMILES string of the molecule is CCOC(=O)C(C)OS(=O)(=O)[O-]. The Labute approximate surface area is 70.4 Å². The van der Waals surface area contributed by atoms with Crippen molar-refractivity contribution in [2.45, 2.75) is 20.0 Å². The van der Waals surface area contributed by atoms with Gasteiger partial charge in [0.25, 0.3) is 0 Å². The molecule has 1 atom stereocenters.